The number of pyridine rings is 1. The molecule has 0 aliphatic carbocycles. The van der Waals surface area contributed by atoms with Gasteiger partial charge in [0.15, 0.2) is 0 Å². The zero-order chi connectivity index (χ0) is 16.7. The number of anilines is 1. The largest absolute Gasteiger partial charge is 0.481 e. The molecule has 0 unspecified atom stereocenters. The molecular formula is C16H18N4O3. The number of nitrogens with two attached hydrogens (primary N) is 1. The van der Waals surface area contributed by atoms with Crippen LogP contribution < -0.4 is 21.1 Å². The van der Waals surface area contributed by atoms with E-state index in [4.69, 9.17) is 10.5 Å². The maximum absolute atomic E-state index is 12.2. The topological polar surface area (TPSA) is 106 Å². The van der Waals surface area contributed by atoms with Crippen molar-refractivity contribution >= 4 is 17.6 Å². The lowest BCUT2D eigenvalue weighted by atomic mass is 10.0. The van der Waals surface area contributed by atoms with Crippen LogP contribution >= 0.6 is 0 Å². The summed E-state index contributed by atoms with van der Waals surface area (Å²) in [6.45, 7) is 0. The van der Waals surface area contributed by atoms with Gasteiger partial charge in [0.25, 0.3) is 0 Å². The first-order valence-electron chi connectivity index (χ1n) is 6.99. The van der Waals surface area contributed by atoms with Gasteiger partial charge in [-0.3, -0.25) is 4.79 Å². The van der Waals surface area contributed by atoms with Crippen LogP contribution in [0.1, 0.15) is 18.0 Å². The number of amides is 3. The van der Waals surface area contributed by atoms with Crippen LogP contribution in [-0.4, -0.2) is 24.0 Å². The van der Waals surface area contributed by atoms with Gasteiger partial charge < -0.3 is 21.1 Å². The number of rotatable bonds is 6. The molecule has 0 spiro atoms. The number of carbonyl (C=O) groups excluding carboxylic acids is 2. The van der Waals surface area contributed by atoms with Crippen molar-refractivity contribution in [1.82, 2.24) is 10.3 Å². The first-order valence-corrected chi connectivity index (χ1v) is 6.99. The van der Waals surface area contributed by atoms with Crippen LogP contribution in [0.5, 0.6) is 5.88 Å². The number of carbonyl (C=O) groups is 2. The van der Waals surface area contributed by atoms with Gasteiger partial charge in [-0.15, -0.1) is 0 Å². The number of primary amides is 1. The van der Waals surface area contributed by atoms with Crippen LogP contribution in [0.15, 0.2) is 48.7 Å². The molecule has 1 aromatic heterocycles. The predicted octanol–water partition coefficient (Wildman–Crippen LogP) is 1.83. The molecule has 0 saturated carbocycles. The smallest absolute Gasteiger partial charge is 0.312 e. The highest BCUT2D eigenvalue weighted by Crippen LogP contribution is 2.18. The second kappa shape index (κ2) is 7.79. The molecule has 0 aliphatic rings. The molecule has 2 aromatic rings. The number of hydrogen-bond acceptors (Lipinski definition) is 4. The number of methoxy groups -OCH3 is 1. The molecule has 7 heteroatoms. The summed E-state index contributed by atoms with van der Waals surface area (Å²) in [4.78, 5) is 27.3. The molecule has 1 atom stereocenters. The number of nitrogens with one attached hydrogen (secondary N) is 2. The third-order valence-corrected chi connectivity index (χ3v) is 3.14. The third kappa shape index (κ3) is 4.99. The Morgan fingerprint density at radius 2 is 1.96 bits per heavy atom. The van der Waals surface area contributed by atoms with Gasteiger partial charge in [0.1, 0.15) is 0 Å². The summed E-state index contributed by atoms with van der Waals surface area (Å²) in [5.41, 5.74) is 6.53. The molecule has 4 N–H and O–H groups in total. The number of benzene rings is 1. The Hall–Kier alpha value is -3.09. The standard InChI is InChI=1S/C16H18N4O3/c1-23-15-8-7-12(10-18-15)19-14(21)9-13(20-16(17)22)11-5-3-2-4-6-11/h2-8,10,13H,9H2,1H3,(H,19,21)(H3,17,20,22)/t13-/m1/s1. The van der Waals surface area contributed by atoms with Crippen molar-refractivity contribution in [3.63, 3.8) is 0 Å². The molecule has 120 valence electrons. The second-order valence-corrected chi connectivity index (χ2v) is 4.81. The maximum atomic E-state index is 12.2. The maximum Gasteiger partial charge on any atom is 0.312 e. The van der Waals surface area contributed by atoms with Crippen LogP contribution in [0.4, 0.5) is 10.5 Å². The third-order valence-electron chi connectivity index (χ3n) is 3.14. The number of urea groups is 1. The van der Waals surface area contributed by atoms with Crippen molar-refractivity contribution in [1.29, 1.82) is 0 Å². The molecule has 0 aliphatic heterocycles. The lowest BCUT2D eigenvalue weighted by Crippen LogP contribution is -2.35. The van der Waals surface area contributed by atoms with E-state index in [2.05, 4.69) is 15.6 Å². The average molecular weight is 314 g/mol. The van der Waals surface area contributed by atoms with E-state index in [1.165, 1.54) is 13.3 Å². The Morgan fingerprint density at radius 1 is 1.22 bits per heavy atom. The van der Waals surface area contributed by atoms with Crippen molar-refractivity contribution in [2.45, 2.75) is 12.5 Å². The van der Waals surface area contributed by atoms with Crippen LogP contribution in [0.2, 0.25) is 0 Å². The fourth-order valence-electron chi connectivity index (χ4n) is 2.08. The fraction of sp³-hybridized carbons (Fsp3) is 0.188. The average Bonchev–Trinajstić information content (AvgIpc) is 2.55. The van der Waals surface area contributed by atoms with Crippen molar-refractivity contribution in [3.8, 4) is 5.88 Å². The Balaban J connectivity index is 2.03. The van der Waals surface area contributed by atoms with Crippen LogP contribution in [0.25, 0.3) is 0 Å². The van der Waals surface area contributed by atoms with E-state index < -0.39 is 12.1 Å². The summed E-state index contributed by atoms with van der Waals surface area (Å²) in [5.74, 6) is 0.195. The second-order valence-electron chi connectivity index (χ2n) is 4.81. The highest BCUT2D eigenvalue weighted by atomic mass is 16.5. The number of ether oxygens (including phenoxy) is 1. The van der Waals surface area contributed by atoms with Gasteiger partial charge >= 0.3 is 6.03 Å². The fourth-order valence-corrected chi connectivity index (χ4v) is 2.08. The molecular weight excluding hydrogens is 296 g/mol. The molecule has 3 amide bonds. The van der Waals surface area contributed by atoms with E-state index in [9.17, 15) is 9.59 Å². The van der Waals surface area contributed by atoms with Gasteiger partial charge in [0.2, 0.25) is 11.8 Å². The highest BCUT2D eigenvalue weighted by molar-refractivity contribution is 5.91. The van der Waals surface area contributed by atoms with E-state index >= 15 is 0 Å². The zero-order valence-corrected chi connectivity index (χ0v) is 12.7. The number of hydrogen-bond donors (Lipinski definition) is 3. The minimum absolute atomic E-state index is 0.0545. The summed E-state index contributed by atoms with van der Waals surface area (Å²) in [7, 11) is 1.51. The van der Waals surface area contributed by atoms with E-state index in [0.717, 1.165) is 5.56 Å². The molecule has 23 heavy (non-hydrogen) atoms. The van der Waals surface area contributed by atoms with Gasteiger partial charge in [-0.05, 0) is 11.6 Å². The molecule has 0 bridgehead atoms. The molecule has 7 nitrogen and oxygen atoms in total. The van der Waals surface area contributed by atoms with Crippen LogP contribution in [0.3, 0.4) is 0 Å². The lowest BCUT2D eigenvalue weighted by molar-refractivity contribution is -0.116. The van der Waals surface area contributed by atoms with Gasteiger partial charge in [-0.1, -0.05) is 30.3 Å². The zero-order valence-electron chi connectivity index (χ0n) is 12.7. The van der Waals surface area contributed by atoms with Crippen molar-refractivity contribution in [2.24, 2.45) is 5.73 Å². The predicted molar refractivity (Wildman–Crippen MR) is 85.9 cm³/mol. The van der Waals surface area contributed by atoms with Gasteiger partial charge in [-0.25, -0.2) is 9.78 Å². The normalized spacial score (nSPS) is 11.3. The lowest BCUT2D eigenvalue weighted by Gasteiger charge is -2.17. The van der Waals surface area contributed by atoms with E-state index in [0.29, 0.717) is 11.6 Å². The molecule has 2 rings (SSSR count). The Kier molecular flexibility index (Phi) is 5.51. The molecule has 0 saturated heterocycles. The summed E-state index contributed by atoms with van der Waals surface area (Å²) in [5, 5.41) is 5.29. The first-order chi connectivity index (χ1) is 11.1. The van der Waals surface area contributed by atoms with Crippen LogP contribution in [0, 0.1) is 0 Å². The van der Waals surface area contributed by atoms with Gasteiger partial charge in [0, 0.05) is 6.07 Å². The first kappa shape index (κ1) is 16.3. The number of aromatic nitrogens is 1. The minimum atomic E-state index is -0.683. The van der Waals surface area contributed by atoms with E-state index in [1.807, 2.05) is 30.3 Å². The molecule has 0 fully saturated rings. The minimum Gasteiger partial charge on any atom is -0.481 e. The van der Waals surface area contributed by atoms with Crippen molar-refractivity contribution < 1.29 is 14.3 Å². The summed E-state index contributed by atoms with van der Waals surface area (Å²) < 4.78 is 4.96. The highest BCUT2D eigenvalue weighted by Gasteiger charge is 2.17. The molecule has 1 aromatic carbocycles. The molecule has 1 heterocycles. The summed E-state index contributed by atoms with van der Waals surface area (Å²) in [6, 6.07) is 11.3. The van der Waals surface area contributed by atoms with Crippen molar-refractivity contribution in [3.05, 3.63) is 54.2 Å². The summed E-state index contributed by atoms with van der Waals surface area (Å²) in [6.07, 6.45) is 1.55. The quantitative estimate of drug-likeness (QED) is 0.756. The van der Waals surface area contributed by atoms with Crippen molar-refractivity contribution in [2.75, 3.05) is 12.4 Å². The van der Waals surface area contributed by atoms with Gasteiger partial charge in [0.05, 0.1) is 31.5 Å². The van der Waals surface area contributed by atoms with Crippen LogP contribution in [-0.2, 0) is 4.79 Å². The number of nitrogens with zero attached hydrogens (tertiary/aromatic N) is 1. The van der Waals surface area contributed by atoms with E-state index in [1.54, 1.807) is 12.1 Å². The van der Waals surface area contributed by atoms with E-state index in [-0.39, 0.29) is 12.3 Å². The summed E-state index contributed by atoms with van der Waals surface area (Å²) >= 11 is 0. The SMILES string of the molecule is COc1ccc(NC(=O)C[C@@H](NC(N)=O)c2ccccc2)cn1. The van der Waals surface area contributed by atoms with Gasteiger partial charge in [-0.2, -0.15) is 0 Å². The monoisotopic (exact) mass is 314 g/mol. The Bertz CT molecular complexity index is 659. The Labute approximate surface area is 133 Å². The molecule has 0 radical (unpaired) electrons. The Morgan fingerprint density at radius 3 is 2.52 bits per heavy atom.